The Kier molecular flexibility index (Phi) is 6.35. The fraction of sp³-hybridized carbons (Fsp3) is 0.0417. The number of hydrogen-bond donors (Lipinski definition) is 2. The van der Waals surface area contributed by atoms with E-state index in [0.717, 1.165) is 16.5 Å². The zero-order valence-corrected chi connectivity index (χ0v) is 17.3. The highest BCUT2D eigenvalue weighted by atomic mass is 32.1. The number of ether oxygens (including phenoxy) is 1. The number of anilines is 1. The second-order valence-corrected chi connectivity index (χ2v) is 7.56. The zero-order valence-electron chi connectivity index (χ0n) is 16.4. The molecule has 0 radical (unpaired) electrons. The Morgan fingerprint density at radius 1 is 0.968 bits per heavy atom. The monoisotopic (exact) mass is 429 g/mol. The Morgan fingerprint density at radius 2 is 1.81 bits per heavy atom. The second kappa shape index (κ2) is 9.69. The highest BCUT2D eigenvalue weighted by Crippen LogP contribution is 2.22. The molecule has 7 heteroatoms. The number of esters is 1. The van der Waals surface area contributed by atoms with Crippen LogP contribution in [0.1, 0.15) is 15.2 Å². The molecule has 0 unspecified atom stereocenters. The summed E-state index contributed by atoms with van der Waals surface area (Å²) in [5, 5.41) is 11.1. The number of nitrogens with one attached hydrogen (secondary N) is 2. The number of fused-ring (bicyclic) bond motifs is 1. The molecule has 1 heterocycles. The van der Waals surface area contributed by atoms with Gasteiger partial charge in [-0.25, -0.2) is 10.2 Å². The molecule has 0 saturated carbocycles. The van der Waals surface area contributed by atoms with Gasteiger partial charge in [-0.3, -0.25) is 4.79 Å². The van der Waals surface area contributed by atoms with E-state index < -0.39 is 5.97 Å². The van der Waals surface area contributed by atoms with E-state index in [4.69, 9.17) is 4.74 Å². The summed E-state index contributed by atoms with van der Waals surface area (Å²) in [6.45, 7) is 0.0871. The minimum atomic E-state index is -0.406. The molecule has 0 bridgehead atoms. The van der Waals surface area contributed by atoms with Crippen LogP contribution in [0.25, 0.3) is 10.8 Å². The summed E-state index contributed by atoms with van der Waals surface area (Å²) in [4.78, 5) is 24.7. The first-order valence-electron chi connectivity index (χ1n) is 9.58. The highest BCUT2D eigenvalue weighted by Gasteiger charge is 2.09. The number of benzene rings is 3. The fourth-order valence-corrected chi connectivity index (χ4v) is 3.58. The van der Waals surface area contributed by atoms with Gasteiger partial charge in [0.1, 0.15) is 10.6 Å². The van der Waals surface area contributed by atoms with Crippen LogP contribution in [-0.2, 0) is 4.79 Å². The summed E-state index contributed by atoms with van der Waals surface area (Å²) in [6, 6.07) is 24.3. The molecular formula is C24H19N3O3S. The van der Waals surface area contributed by atoms with E-state index in [-0.39, 0.29) is 12.5 Å². The highest BCUT2D eigenvalue weighted by molar-refractivity contribution is 7.12. The summed E-state index contributed by atoms with van der Waals surface area (Å²) in [5.41, 5.74) is 4.07. The van der Waals surface area contributed by atoms with Crippen LogP contribution < -0.4 is 15.5 Å². The molecular weight excluding hydrogens is 410 g/mol. The van der Waals surface area contributed by atoms with Crippen molar-refractivity contribution in [3.63, 3.8) is 0 Å². The predicted molar refractivity (Wildman–Crippen MR) is 124 cm³/mol. The molecule has 0 aliphatic heterocycles. The SMILES string of the molecule is O=C(CNc1cccc2ccccc12)N/N=C/c1cccc(OC(=O)c2cccs2)c1. The average molecular weight is 430 g/mol. The van der Waals surface area contributed by atoms with Crippen molar-refractivity contribution >= 4 is 45.9 Å². The van der Waals surface area contributed by atoms with E-state index in [1.807, 2.05) is 47.8 Å². The van der Waals surface area contributed by atoms with Crippen LogP contribution in [0.3, 0.4) is 0 Å². The van der Waals surface area contributed by atoms with E-state index >= 15 is 0 Å². The molecule has 3 aromatic carbocycles. The van der Waals surface area contributed by atoms with Gasteiger partial charge in [-0.05, 0) is 40.6 Å². The quantitative estimate of drug-likeness (QED) is 0.193. The van der Waals surface area contributed by atoms with Gasteiger partial charge in [-0.2, -0.15) is 5.10 Å². The Hall–Kier alpha value is -3.97. The number of carbonyl (C=O) groups excluding carboxylic acids is 2. The van der Waals surface area contributed by atoms with Crippen LogP contribution in [0.5, 0.6) is 5.75 Å². The molecule has 31 heavy (non-hydrogen) atoms. The second-order valence-electron chi connectivity index (χ2n) is 6.61. The molecule has 1 amide bonds. The topological polar surface area (TPSA) is 79.8 Å². The van der Waals surface area contributed by atoms with Crippen molar-refractivity contribution in [3.05, 3.63) is 94.7 Å². The van der Waals surface area contributed by atoms with Crippen molar-refractivity contribution in [2.75, 3.05) is 11.9 Å². The lowest BCUT2D eigenvalue weighted by molar-refractivity contribution is -0.119. The number of hydrazone groups is 1. The van der Waals surface area contributed by atoms with Crippen LogP contribution >= 0.6 is 11.3 Å². The van der Waals surface area contributed by atoms with E-state index in [1.165, 1.54) is 17.6 Å². The lowest BCUT2D eigenvalue weighted by atomic mass is 10.1. The number of hydrogen-bond acceptors (Lipinski definition) is 6. The normalized spacial score (nSPS) is 10.8. The Balaban J connectivity index is 1.31. The molecule has 4 aromatic rings. The minimum absolute atomic E-state index is 0.0871. The third-order valence-electron chi connectivity index (χ3n) is 4.42. The Morgan fingerprint density at radius 3 is 2.68 bits per heavy atom. The van der Waals surface area contributed by atoms with Crippen molar-refractivity contribution in [1.82, 2.24) is 5.43 Å². The maximum atomic E-state index is 12.1. The molecule has 0 fully saturated rings. The standard InChI is InChI=1S/C24H19N3O3S/c28-23(16-25-21-11-4-8-18-7-1-2-10-20(18)21)27-26-15-17-6-3-9-19(14-17)30-24(29)22-12-5-13-31-22/h1-15,25H,16H2,(H,27,28)/b26-15+. The zero-order chi connectivity index (χ0) is 21.5. The van der Waals surface area contributed by atoms with Crippen LogP contribution in [0, 0.1) is 0 Å². The number of carbonyl (C=O) groups is 2. The summed E-state index contributed by atoms with van der Waals surface area (Å²) in [6.07, 6.45) is 1.50. The lowest BCUT2D eigenvalue weighted by Gasteiger charge is -2.08. The average Bonchev–Trinajstić information content (AvgIpc) is 3.33. The van der Waals surface area contributed by atoms with Gasteiger partial charge in [0.15, 0.2) is 0 Å². The molecule has 0 spiro atoms. The first-order chi connectivity index (χ1) is 15.2. The van der Waals surface area contributed by atoms with Crippen LogP contribution in [0.2, 0.25) is 0 Å². The molecule has 1 aromatic heterocycles. The largest absolute Gasteiger partial charge is 0.422 e. The molecule has 154 valence electrons. The van der Waals surface area contributed by atoms with Gasteiger partial charge in [0.2, 0.25) is 0 Å². The first-order valence-corrected chi connectivity index (χ1v) is 10.5. The molecule has 6 nitrogen and oxygen atoms in total. The molecule has 2 N–H and O–H groups in total. The smallest absolute Gasteiger partial charge is 0.353 e. The summed E-state index contributed by atoms with van der Waals surface area (Å²) < 4.78 is 5.36. The number of nitrogens with zero attached hydrogens (tertiary/aromatic N) is 1. The lowest BCUT2D eigenvalue weighted by Crippen LogP contribution is -2.25. The van der Waals surface area contributed by atoms with Crippen LogP contribution in [0.15, 0.2) is 89.3 Å². The molecule has 0 atom stereocenters. The van der Waals surface area contributed by atoms with Crippen molar-refractivity contribution in [1.29, 1.82) is 0 Å². The maximum Gasteiger partial charge on any atom is 0.353 e. The van der Waals surface area contributed by atoms with Gasteiger partial charge >= 0.3 is 5.97 Å². The third-order valence-corrected chi connectivity index (χ3v) is 5.27. The van der Waals surface area contributed by atoms with Crippen molar-refractivity contribution in [2.24, 2.45) is 5.10 Å². The first kappa shape index (κ1) is 20.3. The van der Waals surface area contributed by atoms with Gasteiger partial charge < -0.3 is 10.1 Å². The molecule has 0 aliphatic rings. The number of thiophene rings is 1. The van der Waals surface area contributed by atoms with Crippen LogP contribution in [-0.4, -0.2) is 24.6 Å². The Bertz CT molecular complexity index is 1230. The van der Waals surface area contributed by atoms with E-state index in [9.17, 15) is 9.59 Å². The summed E-state index contributed by atoms with van der Waals surface area (Å²) in [5.74, 6) is -0.271. The Labute approximate surface area is 183 Å². The summed E-state index contributed by atoms with van der Waals surface area (Å²) in [7, 11) is 0. The summed E-state index contributed by atoms with van der Waals surface area (Å²) >= 11 is 1.32. The predicted octanol–water partition coefficient (Wildman–Crippen LogP) is 4.68. The van der Waals surface area contributed by atoms with Crippen molar-refractivity contribution in [2.45, 2.75) is 0 Å². The molecule has 0 saturated heterocycles. The third kappa shape index (κ3) is 5.34. The fourth-order valence-electron chi connectivity index (χ4n) is 2.98. The molecule has 0 aliphatic carbocycles. The van der Waals surface area contributed by atoms with E-state index in [2.05, 4.69) is 15.8 Å². The van der Waals surface area contributed by atoms with Gasteiger partial charge in [0.05, 0.1) is 12.8 Å². The van der Waals surface area contributed by atoms with E-state index in [0.29, 0.717) is 16.2 Å². The van der Waals surface area contributed by atoms with Crippen LogP contribution in [0.4, 0.5) is 5.69 Å². The minimum Gasteiger partial charge on any atom is -0.422 e. The van der Waals surface area contributed by atoms with Gasteiger partial charge in [0.25, 0.3) is 5.91 Å². The maximum absolute atomic E-state index is 12.1. The number of amides is 1. The van der Waals surface area contributed by atoms with E-state index in [1.54, 1.807) is 36.4 Å². The molecule has 4 rings (SSSR count). The van der Waals surface area contributed by atoms with Gasteiger partial charge in [-0.1, -0.05) is 54.6 Å². The van der Waals surface area contributed by atoms with Crippen molar-refractivity contribution < 1.29 is 14.3 Å². The van der Waals surface area contributed by atoms with Crippen molar-refractivity contribution in [3.8, 4) is 5.75 Å². The van der Waals surface area contributed by atoms with Gasteiger partial charge in [0, 0.05) is 11.1 Å². The van der Waals surface area contributed by atoms with Gasteiger partial charge in [-0.15, -0.1) is 11.3 Å². The number of rotatable bonds is 7.